The van der Waals surface area contributed by atoms with Gasteiger partial charge in [-0.05, 0) is 37.6 Å². The molecule has 0 saturated heterocycles. The van der Waals surface area contributed by atoms with Gasteiger partial charge in [0.05, 0.1) is 10.9 Å². The minimum absolute atomic E-state index is 0.0630. The van der Waals surface area contributed by atoms with Crippen LogP contribution in [0.1, 0.15) is 38.4 Å². The molecule has 34 heavy (non-hydrogen) atoms. The van der Waals surface area contributed by atoms with Gasteiger partial charge in [-0.25, -0.2) is 0 Å². The van der Waals surface area contributed by atoms with Gasteiger partial charge in [0.2, 0.25) is 5.76 Å². The summed E-state index contributed by atoms with van der Waals surface area (Å²) in [4.78, 5) is 44.9. The first-order valence-corrected chi connectivity index (χ1v) is 11.2. The summed E-state index contributed by atoms with van der Waals surface area (Å²) in [6, 6.07) is 20.4. The summed E-state index contributed by atoms with van der Waals surface area (Å²) in [5, 5.41) is 0.364. The van der Waals surface area contributed by atoms with Crippen LogP contribution < -0.4 is 10.3 Å². The van der Waals surface area contributed by atoms with Crippen LogP contribution in [0.15, 0.2) is 75.9 Å². The van der Waals surface area contributed by atoms with Crippen LogP contribution in [0.5, 0.6) is 0 Å². The van der Waals surface area contributed by atoms with E-state index in [0.29, 0.717) is 22.2 Å². The maximum atomic E-state index is 14.1. The van der Waals surface area contributed by atoms with Crippen molar-refractivity contribution in [1.82, 2.24) is 4.90 Å². The third-order valence-electron chi connectivity index (χ3n) is 6.98. The molecule has 1 aromatic heterocycles. The van der Waals surface area contributed by atoms with Crippen LogP contribution in [0.25, 0.3) is 11.0 Å². The lowest BCUT2D eigenvalue weighted by Gasteiger charge is -2.34. The minimum Gasteiger partial charge on any atom is -0.450 e. The maximum Gasteiger partial charge on any atom is 0.291 e. The van der Waals surface area contributed by atoms with Crippen molar-refractivity contribution < 1.29 is 14.0 Å². The molecular weight excluding hydrogens is 428 g/mol. The van der Waals surface area contributed by atoms with Gasteiger partial charge in [0.15, 0.2) is 11.0 Å². The Kier molecular flexibility index (Phi) is 4.15. The fourth-order valence-electron chi connectivity index (χ4n) is 5.31. The summed E-state index contributed by atoms with van der Waals surface area (Å²) < 4.78 is 6.06. The van der Waals surface area contributed by atoms with E-state index in [1.165, 1.54) is 9.80 Å². The number of benzene rings is 3. The van der Waals surface area contributed by atoms with E-state index in [2.05, 4.69) is 0 Å². The number of amides is 2. The van der Waals surface area contributed by atoms with E-state index in [4.69, 9.17) is 4.42 Å². The highest BCUT2D eigenvalue weighted by Crippen LogP contribution is 2.52. The van der Waals surface area contributed by atoms with Gasteiger partial charge in [-0.3, -0.25) is 14.4 Å². The average molecular weight is 450 g/mol. The molecule has 4 aromatic rings. The molecule has 2 aliphatic heterocycles. The lowest BCUT2D eigenvalue weighted by Crippen LogP contribution is -2.52. The van der Waals surface area contributed by atoms with Crippen LogP contribution in [-0.2, 0) is 16.9 Å². The molecule has 0 bridgehead atoms. The average Bonchev–Trinajstić information content (AvgIpc) is 3.21. The summed E-state index contributed by atoms with van der Waals surface area (Å²) in [5.74, 6) is -0.868. The lowest BCUT2D eigenvalue weighted by atomic mass is 9.83. The Morgan fingerprint density at radius 3 is 2.35 bits per heavy atom. The second-order valence-electron chi connectivity index (χ2n) is 9.10. The number of carbonyl (C=O) groups excluding carboxylic acids is 2. The lowest BCUT2D eigenvalue weighted by molar-refractivity contribution is -0.126. The number of nitrogens with zero attached hydrogens (tertiary/aromatic N) is 2. The van der Waals surface area contributed by atoms with Gasteiger partial charge in [0, 0.05) is 24.8 Å². The zero-order valence-corrected chi connectivity index (χ0v) is 19.1. The molecule has 1 spiro atoms. The molecule has 3 aromatic carbocycles. The Morgan fingerprint density at radius 1 is 0.882 bits per heavy atom. The first-order chi connectivity index (χ1) is 16.3. The van der Waals surface area contributed by atoms with Crippen molar-refractivity contribution in [1.29, 1.82) is 0 Å². The summed E-state index contributed by atoms with van der Waals surface area (Å²) in [7, 11) is 1.68. The van der Waals surface area contributed by atoms with Crippen molar-refractivity contribution in [2.45, 2.75) is 25.9 Å². The fourth-order valence-corrected chi connectivity index (χ4v) is 5.31. The fraction of sp³-hybridized carbons (Fsp3) is 0.179. The number of hydrogen-bond acceptors (Lipinski definition) is 4. The number of carbonyl (C=O) groups is 2. The number of rotatable bonds is 2. The first kappa shape index (κ1) is 20.4. The van der Waals surface area contributed by atoms with E-state index in [9.17, 15) is 14.4 Å². The van der Waals surface area contributed by atoms with Crippen LogP contribution in [0.2, 0.25) is 0 Å². The van der Waals surface area contributed by atoms with Gasteiger partial charge in [0.25, 0.3) is 11.8 Å². The summed E-state index contributed by atoms with van der Waals surface area (Å²) in [5.41, 5.74) is 2.64. The zero-order chi connectivity index (χ0) is 23.8. The molecule has 0 N–H and O–H groups in total. The molecule has 6 rings (SSSR count). The first-order valence-electron chi connectivity index (χ1n) is 11.2. The van der Waals surface area contributed by atoms with Crippen LogP contribution in [0, 0.1) is 13.8 Å². The second kappa shape index (κ2) is 6.90. The number of hydrogen-bond donors (Lipinski definition) is 0. The van der Waals surface area contributed by atoms with E-state index in [1.807, 2.05) is 68.4 Å². The SMILES string of the molecule is Cc1ccc(CN2C(=O)c3oc4ccc(C)cc4c(=O)c3C23C(=O)N(C)c2ccccc23)cc1. The van der Waals surface area contributed by atoms with E-state index in [1.54, 1.807) is 19.2 Å². The standard InChI is InChI=1S/C28H22N2O4/c1-16-8-11-18(12-9-16)15-30-26(32)25-23(24(31)19-14-17(2)10-13-22(19)34-25)28(30)20-6-4-5-7-21(20)29(3)27(28)33/h4-14H,15H2,1-3H3. The van der Waals surface area contributed by atoms with Crippen molar-refractivity contribution >= 4 is 28.5 Å². The monoisotopic (exact) mass is 450 g/mol. The quantitative estimate of drug-likeness (QED) is 0.457. The molecule has 1 unspecified atom stereocenters. The van der Waals surface area contributed by atoms with Crippen LogP contribution in [0.3, 0.4) is 0 Å². The molecular formula is C28H22N2O4. The van der Waals surface area contributed by atoms with E-state index in [0.717, 1.165) is 16.7 Å². The number of fused-ring (bicyclic) bond motifs is 5. The molecule has 6 heteroatoms. The number of aryl methyl sites for hydroxylation is 2. The van der Waals surface area contributed by atoms with E-state index >= 15 is 0 Å². The molecule has 0 saturated carbocycles. The van der Waals surface area contributed by atoms with Gasteiger partial charge < -0.3 is 14.2 Å². The predicted molar refractivity (Wildman–Crippen MR) is 129 cm³/mol. The van der Waals surface area contributed by atoms with Gasteiger partial charge in [-0.1, -0.05) is 59.7 Å². The van der Waals surface area contributed by atoms with Crippen LogP contribution in [-0.4, -0.2) is 23.8 Å². The highest BCUT2D eigenvalue weighted by Gasteiger charge is 2.64. The van der Waals surface area contributed by atoms with Crippen molar-refractivity contribution in [3.05, 3.63) is 111 Å². The predicted octanol–water partition coefficient (Wildman–Crippen LogP) is 4.29. The Bertz CT molecular complexity index is 1580. The number of para-hydroxylation sites is 1. The van der Waals surface area contributed by atoms with Gasteiger partial charge in [-0.15, -0.1) is 0 Å². The third kappa shape index (κ3) is 2.48. The molecule has 1 atom stereocenters. The summed E-state index contributed by atoms with van der Waals surface area (Å²) in [6.07, 6.45) is 0. The molecule has 168 valence electrons. The zero-order valence-electron chi connectivity index (χ0n) is 19.1. The highest BCUT2D eigenvalue weighted by molar-refractivity contribution is 6.16. The highest BCUT2D eigenvalue weighted by atomic mass is 16.3. The Labute approximate surface area is 196 Å². The molecule has 0 aliphatic carbocycles. The minimum atomic E-state index is -1.58. The largest absolute Gasteiger partial charge is 0.450 e. The molecule has 2 amide bonds. The van der Waals surface area contributed by atoms with E-state index < -0.39 is 11.4 Å². The van der Waals surface area contributed by atoms with Crippen molar-refractivity contribution in [2.75, 3.05) is 11.9 Å². The summed E-state index contributed by atoms with van der Waals surface area (Å²) in [6.45, 7) is 4.04. The molecule has 0 fully saturated rings. The molecule has 0 radical (unpaired) electrons. The maximum absolute atomic E-state index is 14.1. The van der Waals surface area contributed by atoms with Gasteiger partial charge in [0.1, 0.15) is 5.58 Å². The van der Waals surface area contributed by atoms with Crippen molar-refractivity contribution in [3.8, 4) is 0 Å². The van der Waals surface area contributed by atoms with Crippen LogP contribution >= 0.6 is 0 Å². The second-order valence-corrected chi connectivity index (χ2v) is 9.10. The number of likely N-dealkylation sites (N-methyl/N-ethyl adjacent to an activating group) is 1. The van der Waals surface area contributed by atoms with E-state index in [-0.39, 0.29) is 29.2 Å². The molecule has 6 nitrogen and oxygen atoms in total. The third-order valence-corrected chi connectivity index (χ3v) is 6.98. The Hall–Kier alpha value is -4.19. The Morgan fingerprint density at radius 2 is 1.59 bits per heavy atom. The smallest absolute Gasteiger partial charge is 0.291 e. The normalized spacial score (nSPS) is 18.8. The molecule has 2 aliphatic rings. The van der Waals surface area contributed by atoms with Crippen molar-refractivity contribution in [2.24, 2.45) is 0 Å². The van der Waals surface area contributed by atoms with Gasteiger partial charge >= 0.3 is 0 Å². The molecule has 3 heterocycles. The van der Waals surface area contributed by atoms with Crippen LogP contribution in [0.4, 0.5) is 5.69 Å². The summed E-state index contributed by atoms with van der Waals surface area (Å²) >= 11 is 0. The number of anilines is 1. The topological polar surface area (TPSA) is 70.8 Å². The van der Waals surface area contributed by atoms with Gasteiger partial charge in [-0.2, -0.15) is 0 Å². The van der Waals surface area contributed by atoms with Crippen molar-refractivity contribution in [3.63, 3.8) is 0 Å². The Balaban J connectivity index is 1.70.